The standard InChI is InChI=1S/C17H23N5O3/c23-16-12-25-11-15(16)20-17(24)22(10-14-2-4-18-5-3-14)8-1-7-21-9-6-19-13-21/h2-6,9,13,15-16,23H,1,7-8,10-12H2,(H,20,24). The number of imidazole rings is 1. The van der Waals surface area contributed by atoms with E-state index in [9.17, 15) is 9.90 Å². The van der Waals surface area contributed by atoms with Crippen molar-refractivity contribution in [2.75, 3.05) is 19.8 Å². The molecule has 134 valence electrons. The fourth-order valence-electron chi connectivity index (χ4n) is 2.75. The molecule has 1 fully saturated rings. The Morgan fingerprint density at radius 3 is 2.84 bits per heavy atom. The number of aliphatic hydroxyl groups excluding tert-OH is 1. The molecule has 2 atom stereocenters. The summed E-state index contributed by atoms with van der Waals surface area (Å²) in [5.41, 5.74) is 1.01. The van der Waals surface area contributed by atoms with Gasteiger partial charge in [0.2, 0.25) is 0 Å². The van der Waals surface area contributed by atoms with Crippen molar-refractivity contribution in [3.8, 4) is 0 Å². The quantitative estimate of drug-likeness (QED) is 0.768. The first-order valence-electron chi connectivity index (χ1n) is 8.38. The molecule has 3 heterocycles. The van der Waals surface area contributed by atoms with Crippen LogP contribution in [0.3, 0.4) is 0 Å². The highest BCUT2D eigenvalue weighted by atomic mass is 16.5. The number of carbonyl (C=O) groups excluding carboxylic acids is 1. The first kappa shape index (κ1) is 17.4. The molecule has 1 saturated heterocycles. The third-order valence-electron chi connectivity index (χ3n) is 4.17. The number of nitrogens with zero attached hydrogens (tertiary/aromatic N) is 4. The van der Waals surface area contributed by atoms with E-state index in [4.69, 9.17) is 4.74 Å². The largest absolute Gasteiger partial charge is 0.388 e. The number of aliphatic hydroxyl groups is 1. The van der Waals surface area contributed by atoms with Gasteiger partial charge in [0.05, 0.1) is 31.7 Å². The topological polar surface area (TPSA) is 92.5 Å². The first-order valence-corrected chi connectivity index (χ1v) is 8.38. The van der Waals surface area contributed by atoms with Gasteiger partial charge in [-0.1, -0.05) is 0 Å². The van der Waals surface area contributed by atoms with Crippen molar-refractivity contribution in [3.63, 3.8) is 0 Å². The van der Waals surface area contributed by atoms with Crippen LogP contribution in [0.1, 0.15) is 12.0 Å². The second kappa shape index (κ2) is 8.59. The Bertz CT molecular complexity index is 650. The average molecular weight is 345 g/mol. The van der Waals surface area contributed by atoms with Crippen LogP contribution in [0.25, 0.3) is 0 Å². The van der Waals surface area contributed by atoms with E-state index in [1.54, 1.807) is 29.8 Å². The minimum absolute atomic E-state index is 0.197. The molecule has 1 aliphatic heterocycles. The van der Waals surface area contributed by atoms with Crippen LogP contribution in [0, 0.1) is 0 Å². The Kier molecular flexibility index (Phi) is 5.97. The summed E-state index contributed by atoms with van der Waals surface area (Å²) in [4.78, 5) is 22.4. The van der Waals surface area contributed by atoms with Crippen LogP contribution >= 0.6 is 0 Å². The highest BCUT2D eigenvalue weighted by Gasteiger charge is 2.29. The summed E-state index contributed by atoms with van der Waals surface area (Å²) in [5, 5.41) is 12.7. The Hall–Kier alpha value is -2.45. The van der Waals surface area contributed by atoms with Crippen LogP contribution < -0.4 is 5.32 Å². The maximum atomic E-state index is 12.7. The minimum atomic E-state index is -0.655. The molecule has 2 N–H and O–H groups in total. The van der Waals surface area contributed by atoms with Crippen molar-refractivity contribution in [1.29, 1.82) is 0 Å². The van der Waals surface area contributed by atoms with Gasteiger partial charge in [-0.05, 0) is 24.1 Å². The third kappa shape index (κ3) is 5.01. The minimum Gasteiger partial charge on any atom is -0.388 e. The van der Waals surface area contributed by atoms with Crippen LogP contribution in [0.2, 0.25) is 0 Å². The van der Waals surface area contributed by atoms with Crippen molar-refractivity contribution >= 4 is 6.03 Å². The number of hydrogen-bond donors (Lipinski definition) is 2. The first-order chi connectivity index (χ1) is 12.2. The molecule has 2 aromatic rings. The Balaban J connectivity index is 1.59. The molecule has 8 nitrogen and oxygen atoms in total. The number of nitrogens with one attached hydrogen (secondary N) is 1. The van der Waals surface area contributed by atoms with Crippen LogP contribution in [0.5, 0.6) is 0 Å². The number of urea groups is 1. The number of ether oxygens (including phenoxy) is 1. The number of aromatic nitrogens is 3. The number of pyridine rings is 1. The molecule has 25 heavy (non-hydrogen) atoms. The fraction of sp³-hybridized carbons (Fsp3) is 0.471. The normalized spacial score (nSPS) is 19.7. The van der Waals surface area contributed by atoms with Crippen molar-refractivity contribution in [3.05, 3.63) is 48.8 Å². The SMILES string of the molecule is O=C(NC1COCC1O)N(CCCn1ccnc1)Cc1ccncc1. The number of aryl methyl sites for hydroxylation is 1. The summed E-state index contributed by atoms with van der Waals surface area (Å²) in [6.45, 7) is 2.47. The van der Waals surface area contributed by atoms with Crippen molar-refractivity contribution in [1.82, 2.24) is 24.8 Å². The van der Waals surface area contributed by atoms with Crippen LogP contribution in [0.4, 0.5) is 4.79 Å². The molecule has 0 aromatic carbocycles. The van der Waals surface area contributed by atoms with E-state index >= 15 is 0 Å². The lowest BCUT2D eigenvalue weighted by molar-refractivity contribution is 0.121. The Labute approximate surface area is 146 Å². The highest BCUT2D eigenvalue weighted by Crippen LogP contribution is 2.09. The molecule has 0 spiro atoms. The summed E-state index contributed by atoms with van der Waals surface area (Å²) in [6, 6.07) is 3.23. The van der Waals surface area contributed by atoms with E-state index in [1.165, 1.54) is 0 Å². The number of rotatable bonds is 7. The predicted molar refractivity (Wildman–Crippen MR) is 90.6 cm³/mol. The lowest BCUT2D eigenvalue weighted by Crippen LogP contribution is -2.49. The fourth-order valence-corrected chi connectivity index (χ4v) is 2.75. The van der Waals surface area contributed by atoms with E-state index in [0.29, 0.717) is 19.7 Å². The van der Waals surface area contributed by atoms with Crippen molar-refractivity contribution < 1.29 is 14.6 Å². The summed E-state index contributed by atoms with van der Waals surface area (Å²) in [5.74, 6) is 0. The Morgan fingerprint density at radius 2 is 2.16 bits per heavy atom. The zero-order valence-corrected chi connectivity index (χ0v) is 14.0. The molecule has 2 amide bonds. The molecule has 0 bridgehead atoms. The lowest BCUT2D eigenvalue weighted by Gasteiger charge is -2.26. The zero-order chi connectivity index (χ0) is 17.5. The molecule has 3 rings (SSSR count). The summed E-state index contributed by atoms with van der Waals surface area (Å²) in [7, 11) is 0. The predicted octanol–water partition coefficient (Wildman–Crippen LogP) is 0.640. The smallest absolute Gasteiger partial charge is 0.318 e. The van der Waals surface area contributed by atoms with Gasteiger partial charge in [0.15, 0.2) is 0 Å². The maximum absolute atomic E-state index is 12.7. The molecule has 2 unspecified atom stereocenters. The van der Waals surface area contributed by atoms with E-state index in [2.05, 4.69) is 15.3 Å². The highest BCUT2D eigenvalue weighted by molar-refractivity contribution is 5.74. The summed E-state index contributed by atoms with van der Waals surface area (Å²) < 4.78 is 7.18. The maximum Gasteiger partial charge on any atom is 0.318 e. The van der Waals surface area contributed by atoms with Crippen LogP contribution in [-0.4, -0.2) is 62.5 Å². The molecule has 2 aromatic heterocycles. The van der Waals surface area contributed by atoms with Gasteiger partial charge in [0.25, 0.3) is 0 Å². The second-order valence-corrected chi connectivity index (χ2v) is 6.09. The van der Waals surface area contributed by atoms with Crippen molar-refractivity contribution in [2.24, 2.45) is 0 Å². The number of carbonyl (C=O) groups is 1. The number of hydrogen-bond acceptors (Lipinski definition) is 5. The lowest BCUT2D eigenvalue weighted by atomic mass is 10.2. The molecule has 0 radical (unpaired) electrons. The molecule has 0 saturated carbocycles. The van der Waals surface area contributed by atoms with E-state index in [0.717, 1.165) is 18.5 Å². The molecule has 0 aliphatic carbocycles. The van der Waals surface area contributed by atoms with Gasteiger partial charge in [0.1, 0.15) is 0 Å². The summed E-state index contributed by atoms with van der Waals surface area (Å²) >= 11 is 0. The van der Waals surface area contributed by atoms with Gasteiger partial charge in [-0.25, -0.2) is 9.78 Å². The van der Waals surface area contributed by atoms with Gasteiger partial charge in [-0.3, -0.25) is 4.98 Å². The molecular formula is C17H23N5O3. The van der Waals surface area contributed by atoms with Gasteiger partial charge in [-0.2, -0.15) is 0 Å². The molecular weight excluding hydrogens is 322 g/mol. The van der Waals surface area contributed by atoms with E-state index in [1.807, 2.05) is 22.9 Å². The number of amides is 2. The monoisotopic (exact) mass is 345 g/mol. The Morgan fingerprint density at radius 1 is 1.32 bits per heavy atom. The molecule has 1 aliphatic rings. The van der Waals surface area contributed by atoms with E-state index in [-0.39, 0.29) is 18.7 Å². The van der Waals surface area contributed by atoms with Crippen LogP contribution in [-0.2, 0) is 17.8 Å². The van der Waals surface area contributed by atoms with Gasteiger partial charge < -0.3 is 24.6 Å². The van der Waals surface area contributed by atoms with Gasteiger partial charge in [-0.15, -0.1) is 0 Å². The third-order valence-corrected chi connectivity index (χ3v) is 4.17. The average Bonchev–Trinajstić information content (AvgIpc) is 3.27. The van der Waals surface area contributed by atoms with Gasteiger partial charge >= 0.3 is 6.03 Å². The zero-order valence-electron chi connectivity index (χ0n) is 14.0. The van der Waals surface area contributed by atoms with Gasteiger partial charge in [0, 0.05) is 44.4 Å². The van der Waals surface area contributed by atoms with Crippen LogP contribution in [0.15, 0.2) is 43.2 Å². The summed E-state index contributed by atoms with van der Waals surface area (Å²) in [6.07, 6.45) is 8.98. The second-order valence-electron chi connectivity index (χ2n) is 6.09. The van der Waals surface area contributed by atoms with Crippen molar-refractivity contribution in [2.45, 2.75) is 31.7 Å². The van der Waals surface area contributed by atoms with E-state index < -0.39 is 6.10 Å². The molecule has 8 heteroatoms.